The molecule has 1 heterocycles. The lowest BCUT2D eigenvalue weighted by Crippen LogP contribution is -2.42. The van der Waals surface area contributed by atoms with Crippen LogP contribution in [0.2, 0.25) is 5.02 Å². The van der Waals surface area contributed by atoms with E-state index in [-0.39, 0.29) is 17.7 Å². The van der Waals surface area contributed by atoms with E-state index in [9.17, 15) is 9.59 Å². The van der Waals surface area contributed by atoms with Gasteiger partial charge in [0.1, 0.15) is 5.75 Å². The van der Waals surface area contributed by atoms with Gasteiger partial charge in [-0.05, 0) is 61.6 Å². The van der Waals surface area contributed by atoms with Crippen LogP contribution in [-0.4, -0.2) is 42.5 Å². The van der Waals surface area contributed by atoms with Crippen molar-refractivity contribution in [2.24, 2.45) is 5.92 Å². The van der Waals surface area contributed by atoms with E-state index in [0.717, 1.165) is 37.8 Å². The highest BCUT2D eigenvalue weighted by Gasteiger charge is 2.25. The van der Waals surface area contributed by atoms with Gasteiger partial charge in [-0.25, -0.2) is 0 Å². The number of rotatable bonds is 7. The molecule has 1 saturated carbocycles. The van der Waals surface area contributed by atoms with Crippen LogP contribution in [0.4, 0.5) is 0 Å². The van der Waals surface area contributed by atoms with Gasteiger partial charge in [-0.15, -0.1) is 0 Å². The highest BCUT2D eigenvalue weighted by Crippen LogP contribution is 2.22. The van der Waals surface area contributed by atoms with E-state index in [1.807, 2.05) is 47.4 Å². The number of nitrogens with zero attached hydrogens (tertiary/aromatic N) is 1. The molecule has 1 aliphatic heterocycles. The van der Waals surface area contributed by atoms with E-state index in [1.54, 1.807) is 6.07 Å². The van der Waals surface area contributed by atoms with Gasteiger partial charge in [-0.3, -0.25) is 9.59 Å². The van der Waals surface area contributed by atoms with Gasteiger partial charge >= 0.3 is 0 Å². The number of amides is 2. The van der Waals surface area contributed by atoms with Crippen LogP contribution in [-0.2, 0) is 11.2 Å². The van der Waals surface area contributed by atoms with Crippen molar-refractivity contribution >= 4 is 23.4 Å². The Balaban J connectivity index is 1.28. The Labute approximate surface area is 182 Å². The summed E-state index contributed by atoms with van der Waals surface area (Å²) in [5, 5.41) is 3.67. The molecular weight excluding hydrogens is 400 g/mol. The maximum atomic E-state index is 12.7. The normalized spacial score (nSPS) is 18.7. The number of piperidine rings is 1. The molecule has 0 bridgehead atoms. The Kier molecular flexibility index (Phi) is 6.58. The largest absolute Gasteiger partial charge is 0.493 e. The molecule has 1 aliphatic carbocycles. The molecule has 2 fully saturated rings. The topological polar surface area (TPSA) is 58.6 Å². The van der Waals surface area contributed by atoms with Gasteiger partial charge in [-0.2, -0.15) is 0 Å². The summed E-state index contributed by atoms with van der Waals surface area (Å²) < 4.78 is 5.98. The Morgan fingerprint density at radius 1 is 1.10 bits per heavy atom. The molecule has 1 atom stereocenters. The van der Waals surface area contributed by atoms with Crippen molar-refractivity contribution in [3.8, 4) is 5.75 Å². The van der Waals surface area contributed by atoms with Gasteiger partial charge in [0, 0.05) is 35.6 Å². The van der Waals surface area contributed by atoms with Crippen LogP contribution in [0.15, 0.2) is 48.5 Å². The van der Waals surface area contributed by atoms with Gasteiger partial charge in [0.2, 0.25) is 5.91 Å². The number of nitrogens with one attached hydrogen (secondary N) is 1. The molecule has 0 aromatic heterocycles. The number of hydrogen-bond donors (Lipinski definition) is 1. The Morgan fingerprint density at radius 3 is 2.67 bits per heavy atom. The highest BCUT2D eigenvalue weighted by molar-refractivity contribution is 6.30. The zero-order valence-corrected chi connectivity index (χ0v) is 17.7. The molecular formula is C24H27ClN2O3. The molecule has 2 aliphatic rings. The van der Waals surface area contributed by atoms with Crippen molar-refractivity contribution in [3.63, 3.8) is 0 Å². The fraction of sp³-hybridized carbons (Fsp3) is 0.417. The zero-order chi connectivity index (χ0) is 20.9. The summed E-state index contributed by atoms with van der Waals surface area (Å²) in [5.74, 6) is 1.08. The number of benzene rings is 2. The second kappa shape index (κ2) is 9.52. The Bertz CT molecular complexity index is 896. The minimum atomic E-state index is -0.0420. The summed E-state index contributed by atoms with van der Waals surface area (Å²) in [6.07, 6.45) is 4.54. The molecule has 0 spiro atoms. The number of halogens is 1. The molecule has 5 nitrogen and oxygen atoms in total. The summed E-state index contributed by atoms with van der Waals surface area (Å²) in [4.78, 5) is 26.9. The van der Waals surface area contributed by atoms with Crippen molar-refractivity contribution in [2.75, 3.05) is 19.7 Å². The van der Waals surface area contributed by atoms with Crippen LogP contribution in [0, 0.1) is 5.92 Å². The van der Waals surface area contributed by atoms with E-state index in [0.29, 0.717) is 41.9 Å². The van der Waals surface area contributed by atoms with Crippen molar-refractivity contribution in [1.82, 2.24) is 10.2 Å². The van der Waals surface area contributed by atoms with Gasteiger partial charge < -0.3 is 15.0 Å². The molecule has 1 N–H and O–H groups in total. The van der Waals surface area contributed by atoms with E-state index in [2.05, 4.69) is 5.32 Å². The fourth-order valence-electron chi connectivity index (χ4n) is 3.75. The van der Waals surface area contributed by atoms with Crippen LogP contribution >= 0.6 is 11.6 Å². The third-order valence-corrected chi connectivity index (χ3v) is 5.89. The minimum Gasteiger partial charge on any atom is -0.493 e. The van der Waals surface area contributed by atoms with E-state index < -0.39 is 0 Å². The molecule has 2 amide bonds. The first-order chi connectivity index (χ1) is 14.6. The number of hydrogen-bond acceptors (Lipinski definition) is 3. The lowest BCUT2D eigenvalue weighted by Gasteiger charge is -2.32. The van der Waals surface area contributed by atoms with Gasteiger partial charge in [0.05, 0.1) is 13.0 Å². The highest BCUT2D eigenvalue weighted by atomic mass is 35.5. The number of likely N-dealkylation sites (tertiary alicyclic amines) is 1. The first-order valence-electron chi connectivity index (χ1n) is 10.6. The summed E-state index contributed by atoms with van der Waals surface area (Å²) in [6.45, 7) is 2.03. The zero-order valence-electron chi connectivity index (χ0n) is 17.0. The lowest BCUT2D eigenvalue weighted by molar-refractivity contribution is -0.132. The molecule has 6 heteroatoms. The summed E-state index contributed by atoms with van der Waals surface area (Å²) in [6, 6.07) is 15.1. The molecule has 158 valence electrons. The van der Waals surface area contributed by atoms with Gasteiger partial charge in [0.15, 0.2) is 0 Å². The van der Waals surface area contributed by atoms with E-state index in [4.69, 9.17) is 16.3 Å². The molecule has 2 aromatic rings. The predicted octanol–water partition coefficient (Wildman–Crippen LogP) is 4.09. The summed E-state index contributed by atoms with van der Waals surface area (Å²) in [7, 11) is 0. The Hall–Kier alpha value is -2.53. The summed E-state index contributed by atoms with van der Waals surface area (Å²) in [5.41, 5.74) is 1.60. The monoisotopic (exact) mass is 426 g/mol. The second-order valence-electron chi connectivity index (χ2n) is 8.24. The maximum absolute atomic E-state index is 12.7. The van der Waals surface area contributed by atoms with Crippen molar-refractivity contribution in [1.29, 1.82) is 0 Å². The SMILES string of the molecule is O=C(NC1CC1)c1cccc(OCC2CCCN(C(=O)Cc3ccc(Cl)cc3)C2)c1. The smallest absolute Gasteiger partial charge is 0.251 e. The third-order valence-electron chi connectivity index (χ3n) is 5.63. The molecule has 1 saturated heterocycles. The Morgan fingerprint density at radius 2 is 1.90 bits per heavy atom. The van der Waals surface area contributed by atoms with Crippen LogP contribution < -0.4 is 10.1 Å². The van der Waals surface area contributed by atoms with E-state index in [1.165, 1.54) is 0 Å². The average Bonchev–Trinajstić information content (AvgIpc) is 3.58. The molecule has 2 aromatic carbocycles. The number of ether oxygens (including phenoxy) is 1. The lowest BCUT2D eigenvalue weighted by atomic mass is 9.98. The molecule has 30 heavy (non-hydrogen) atoms. The molecule has 1 unspecified atom stereocenters. The van der Waals surface area contributed by atoms with Crippen molar-refractivity contribution in [3.05, 3.63) is 64.7 Å². The molecule has 0 radical (unpaired) electrons. The number of carbonyl (C=O) groups is 2. The van der Waals surface area contributed by atoms with Crippen molar-refractivity contribution < 1.29 is 14.3 Å². The maximum Gasteiger partial charge on any atom is 0.251 e. The quantitative estimate of drug-likeness (QED) is 0.725. The first-order valence-corrected chi connectivity index (χ1v) is 11.0. The standard InChI is InChI=1S/C24H27ClN2O3/c25-20-8-6-17(7-9-20)13-23(28)27-12-2-3-18(15-27)16-30-22-5-1-4-19(14-22)24(29)26-21-10-11-21/h1,4-9,14,18,21H,2-3,10-13,15-16H2,(H,26,29). The number of carbonyl (C=O) groups excluding carboxylic acids is 2. The molecule has 4 rings (SSSR count). The van der Waals surface area contributed by atoms with Crippen LogP contribution in [0.5, 0.6) is 5.75 Å². The van der Waals surface area contributed by atoms with Gasteiger partial charge in [0.25, 0.3) is 5.91 Å². The predicted molar refractivity (Wildman–Crippen MR) is 117 cm³/mol. The van der Waals surface area contributed by atoms with Gasteiger partial charge in [-0.1, -0.05) is 29.8 Å². The average molecular weight is 427 g/mol. The summed E-state index contributed by atoms with van der Waals surface area (Å²) >= 11 is 5.92. The van der Waals surface area contributed by atoms with E-state index >= 15 is 0 Å². The van der Waals surface area contributed by atoms with Crippen LogP contribution in [0.25, 0.3) is 0 Å². The third kappa shape index (κ3) is 5.76. The van der Waals surface area contributed by atoms with Crippen LogP contribution in [0.3, 0.4) is 0 Å². The fourth-order valence-corrected chi connectivity index (χ4v) is 3.88. The van der Waals surface area contributed by atoms with Crippen LogP contribution in [0.1, 0.15) is 41.6 Å². The minimum absolute atomic E-state index is 0.0420. The first kappa shape index (κ1) is 20.7. The van der Waals surface area contributed by atoms with Crippen molar-refractivity contribution in [2.45, 2.75) is 38.1 Å². The second-order valence-corrected chi connectivity index (χ2v) is 8.67.